The maximum absolute atomic E-state index is 4.93. The van der Waals surface area contributed by atoms with Crippen LogP contribution in [0.15, 0.2) is 0 Å². The molecule has 0 aliphatic rings. The summed E-state index contributed by atoms with van der Waals surface area (Å²) in [6.45, 7) is 1.06. The number of nitrogens with one attached hydrogen (secondary N) is 1. The van der Waals surface area contributed by atoms with Gasteiger partial charge in [0.2, 0.25) is 0 Å². The zero-order chi connectivity index (χ0) is 5.70. The highest BCUT2D eigenvalue weighted by molar-refractivity contribution is 8.28. The van der Waals surface area contributed by atoms with E-state index in [0.29, 0.717) is 0 Å². The molecule has 0 aromatic rings. The average molecular weight is 137 g/mol. The smallest absolute Gasteiger partial charge is 0.0102 e. The Morgan fingerprint density at radius 1 is 1.71 bits per heavy atom. The second-order valence-electron chi connectivity index (χ2n) is 1.38. The van der Waals surface area contributed by atoms with Crippen LogP contribution in [0.2, 0.25) is 0 Å². The molecule has 0 radical (unpaired) electrons. The summed E-state index contributed by atoms with van der Waals surface area (Å²) in [4.78, 5) is 0. The van der Waals surface area contributed by atoms with Crippen molar-refractivity contribution in [1.82, 2.24) is 5.32 Å². The lowest BCUT2D eigenvalue weighted by atomic mass is 10.8. The third-order valence-corrected chi connectivity index (χ3v) is 1.92. The lowest BCUT2D eigenvalue weighted by Gasteiger charge is -1.94. The molecule has 0 rings (SSSR count). The molecule has 0 saturated heterocycles. The van der Waals surface area contributed by atoms with Gasteiger partial charge in [-0.3, -0.25) is 0 Å². The minimum absolute atomic E-state index is 0.205. The molecule has 3 heteroatoms. The first-order valence-electron chi connectivity index (χ1n) is 2.22. The molecule has 0 saturated carbocycles. The lowest BCUT2D eigenvalue weighted by Crippen LogP contribution is -2.13. The largest absolute Gasteiger partial charge is 0.319 e. The van der Waals surface area contributed by atoms with Crippen LogP contribution in [0, 0.1) is 0 Å². The Balaban J connectivity index is 2.82. The van der Waals surface area contributed by atoms with Crippen molar-refractivity contribution in [3.8, 4) is 0 Å². The Hall–Kier alpha value is 0.530. The quantitative estimate of drug-likeness (QED) is 0.584. The molecule has 7 heavy (non-hydrogen) atoms. The van der Waals surface area contributed by atoms with Crippen molar-refractivity contribution in [3.63, 3.8) is 0 Å². The van der Waals surface area contributed by atoms with Crippen molar-refractivity contribution in [2.45, 2.75) is 0 Å². The zero-order valence-corrected chi connectivity index (χ0v) is 6.36. The van der Waals surface area contributed by atoms with Crippen LogP contribution in [0.1, 0.15) is 0 Å². The average Bonchev–Trinajstić information content (AvgIpc) is 1.61. The summed E-state index contributed by atoms with van der Waals surface area (Å²) >= 11 is 4.93. The highest BCUT2D eigenvalue weighted by atomic mass is 32.8. The van der Waals surface area contributed by atoms with Gasteiger partial charge in [-0.25, -0.2) is 0 Å². The summed E-state index contributed by atoms with van der Waals surface area (Å²) < 4.78 is 0. The van der Waals surface area contributed by atoms with Crippen LogP contribution in [0.25, 0.3) is 0 Å². The molecule has 0 heterocycles. The molecule has 0 spiro atoms. The summed E-state index contributed by atoms with van der Waals surface area (Å²) in [5.74, 6) is 1.13. The minimum atomic E-state index is 0.205. The monoisotopic (exact) mass is 137 g/mol. The van der Waals surface area contributed by atoms with Crippen LogP contribution < -0.4 is 5.32 Å². The molecule has 1 unspecified atom stereocenters. The molecule has 1 atom stereocenters. The topological polar surface area (TPSA) is 12.0 Å². The van der Waals surface area contributed by atoms with Crippen molar-refractivity contribution in [1.29, 1.82) is 0 Å². The molecule has 0 aliphatic heterocycles. The van der Waals surface area contributed by atoms with E-state index in [1.807, 2.05) is 7.05 Å². The minimum Gasteiger partial charge on any atom is -0.319 e. The van der Waals surface area contributed by atoms with E-state index in [9.17, 15) is 0 Å². The zero-order valence-electron chi connectivity index (χ0n) is 4.73. The highest BCUT2D eigenvalue weighted by Gasteiger charge is 1.80. The molecule has 0 fully saturated rings. The summed E-state index contributed by atoms with van der Waals surface area (Å²) in [6, 6.07) is 0. The molecule has 0 aromatic heterocycles. The molecule has 0 aromatic carbocycles. The van der Waals surface area contributed by atoms with Gasteiger partial charge in [0.25, 0.3) is 0 Å². The molecule has 1 nitrogen and oxygen atoms in total. The van der Waals surface area contributed by atoms with Crippen molar-refractivity contribution in [3.05, 3.63) is 0 Å². The van der Waals surface area contributed by atoms with Gasteiger partial charge in [0.05, 0.1) is 0 Å². The van der Waals surface area contributed by atoms with Gasteiger partial charge >= 0.3 is 0 Å². The van der Waals surface area contributed by atoms with Crippen molar-refractivity contribution in [2.75, 3.05) is 25.6 Å². The summed E-state index contributed by atoms with van der Waals surface area (Å²) in [5, 5.41) is 3.04. The summed E-state index contributed by atoms with van der Waals surface area (Å²) in [6.07, 6.45) is 2.08. The van der Waals surface area contributed by atoms with Crippen molar-refractivity contribution < 1.29 is 0 Å². The molecule has 44 valence electrons. The summed E-state index contributed by atoms with van der Waals surface area (Å²) in [5.41, 5.74) is 0. The predicted molar refractivity (Wildman–Crippen MR) is 39.4 cm³/mol. The van der Waals surface area contributed by atoms with Gasteiger partial charge in [-0.05, 0) is 13.3 Å². The SMILES string of the molecule is CNCCS(C)=S. The summed E-state index contributed by atoms with van der Waals surface area (Å²) in [7, 11) is 2.15. The molecular weight excluding hydrogens is 126 g/mol. The van der Waals surface area contributed by atoms with E-state index in [1.54, 1.807) is 0 Å². The van der Waals surface area contributed by atoms with Crippen LogP contribution in [0.3, 0.4) is 0 Å². The van der Waals surface area contributed by atoms with Crippen molar-refractivity contribution in [2.24, 2.45) is 0 Å². The van der Waals surface area contributed by atoms with E-state index in [0.717, 1.165) is 12.3 Å². The Morgan fingerprint density at radius 2 is 2.29 bits per heavy atom. The first-order valence-corrected chi connectivity index (χ1v) is 4.94. The van der Waals surface area contributed by atoms with E-state index in [2.05, 4.69) is 11.6 Å². The van der Waals surface area contributed by atoms with Gasteiger partial charge < -0.3 is 5.32 Å². The fourth-order valence-corrected chi connectivity index (χ4v) is 0.987. The fraction of sp³-hybridized carbons (Fsp3) is 1.00. The number of hydrogen-bond acceptors (Lipinski definition) is 2. The Bertz CT molecular complexity index is 62.7. The first kappa shape index (κ1) is 7.53. The van der Waals surface area contributed by atoms with Crippen LogP contribution in [0.5, 0.6) is 0 Å². The van der Waals surface area contributed by atoms with Gasteiger partial charge in [0.1, 0.15) is 0 Å². The van der Waals surface area contributed by atoms with Gasteiger partial charge in [0, 0.05) is 12.3 Å². The molecule has 0 aliphatic carbocycles. The van der Waals surface area contributed by atoms with Crippen LogP contribution in [-0.4, -0.2) is 25.6 Å². The fourth-order valence-electron chi connectivity index (χ4n) is 0.246. The van der Waals surface area contributed by atoms with Crippen LogP contribution in [-0.2, 0) is 20.6 Å². The number of rotatable bonds is 3. The first-order chi connectivity index (χ1) is 3.27. The van der Waals surface area contributed by atoms with E-state index < -0.39 is 0 Å². The maximum atomic E-state index is 4.93. The highest BCUT2D eigenvalue weighted by Crippen LogP contribution is 1.69. The van der Waals surface area contributed by atoms with Gasteiger partial charge in [-0.2, -0.15) is 0 Å². The lowest BCUT2D eigenvalue weighted by molar-refractivity contribution is 0.872. The Morgan fingerprint density at radius 3 is 2.43 bits per heavy atom. The standard InChI is InChI=1S/C4H11NS2/c1-5-3-4-7(2)6/h5H,3-4H2,1-2H3. The van der Waals surface area contributed by atoms with Crippen LogP contribution >= 0.6 is 0 Å². The number of hydrogen-bond donors (Lipinski definition) is 1. The maximum Gasteiger partial charge on any atom is 0.0102 e. The molecule has 0 amide bonds. The Labute approximate surface area is 52.1 Å². The van der Waals surface area contributed by atoms with Gasteiger partial charge in [-0.15, -0.1) is 9.45 Å². The third kappa shape index (κ3) is 6.53. The van der Waals surface area contributed by atoms with E-state index in [4.69, 9.17) is 11.2 Å². The molecule has 1 N–H and O–H groups in total. The van der Waals surface area contributed by atoms with Gasteiger partial charge in [0.15, 0.2) is 0 Å². The third-order valence-electron chi connectivity index (χ3n) is 0.640. The predicted octanol–water partition coefficient (Wildman–Crippen LogP) is -0.0842. The Kier molecular flexibility index (Phi) is 5.04. The molecular formula is C4H11NS2. The van der Waals surface area contributed by atoms with E-state index in [1.165, 1.54) is 0 Å². The molecule has 0 bridgehead atoms. The van der Waals surface area contributed by atoms with E-state index in [-0.39, 0.29) is 9.45 Å². The van der Waals surface area contributed by atoms with Crippen molar-refractivity contribution >= 4 is 20.6 Å². The normalized spacial score (nSPS) is 14.0. The second-order valence-corrected chi connectivity index (χ2v) is 4.64. The second kappa shape index (κ2) is 4.68. The van der Waals surface area contributed by atoms with Gasteiger partial charge in [-0.1, -0.05) is 11.2 Å². The van der Waals surface area contributed by atoms with E-state index >= 15 is 0 Å². The van der Waals surface area contributed by atoms with Crippen LogP contribution in [0.4, 0.5) is 0 Å².